The fourth-order valence-corrected chi connectivity index (χ4v) is 1.95. The standard InChI is InChI=1S/C15H16N2O4.C6H15N/c1-3-20-14(18)8-12(10-16)6-5-7-13(11-17)9-15(19)21-4-2;1-4-7(5-2)6-3/h5-8H,3-4,9H2,1-2H3;4-6H2,1-3H3/p+1/b6-5+,12-8-,13-7-;. The number of nitrogens with one attached hydrogen (secondary N) is 1. The molecule has 0 aromatic carbocycles. The Bertz CT molecular complexity index is 628. The van der Waals surface area contributed by atoms with Crippen LogP contribution in [-0.4, -0.2) is 44.8 Å². The van der Waals surface area contributed by atoms with E-state index >= 15 is 0 Å². The first kappa shape index (κ1) is 27.3. The lowest BCUT2D eigenvalue weighted by Gasteiger charge is -2.10. The highest BCUT2D eigenvalue weighted by Crippen LogP contribution is 2.04. The molecule has 28 heavy (non-hydrogen) atoms. The van der Waals surface area contributed by atoms with E-state index in [-0.39, 0.29) is 30.8 Å². The van der Waals surface area contributed by atoms with Gasteiger partial charge in [-0.05, 0) is 46.8 Å². The smallest absolute Gasteiger partial charge is 0.332 e. The predicted molar refractivity (Wildman–Crippen MR) is 107 cm³/mol. The van der Waals surface area contributed by atoms with E-state index in [2.05, 4.69) is 25.5 Å². The fourth-order valence-electron chi connectivity index (χ4n) is 1.95. The molecule has 1 N–H and O–H groups in total. The molecule has 0 aliphatic heterocycles. The number of quaternary nitrogens is 1. The molecule has 0 bridgehead atoms. The van der Waals surface area contributed by atoms with Gasteiger partial charge in [0.05, 0.1) is 57.0 Å². The van der Waals surface area contributed by atoms with E-state index < -0.39 is 11.9 Å². The minimum Gasteiger partial charge on any atom is -0.466 e. The second-order valence-electron chi connectivity index (χ2n) is 5.42. The molecule has 7 heteroatoms. The third kappa shape index (κ3) is 15.4. The molecule has 0 rings (SSSR count). The second kappa shape index (κ2) is 18.9. The number of nitriles is 2. The van der Waals surface area contributed by atoms with Crippen LogP contribution in [0.5, 0.6) is 0 Å². The average Bonchev–Trinajstić information content (AvgIpc) is 2.68. The second-order valence-corrected chi connectivity index (χ2v) is 5.42. The maximum atomic E-state index is 11.2. The highest BCUT2D eigenvalue weighted by atomic mass is 16.5. The number of carbonyl (C=O) groups is 2. The SMILES string of the molecule is CCOC(=O)/C=C(C#N)/C=C/C=C(\C#N)CC(=O)OCC.CC[NH+](CC)CC. The normalized spacial score (nSPS) is 11.3. The summed E-state index contributed by atoms with van der Waals surface area (Å²) >= 11 is 0. The van der Waals surface area contributed by atoms with Crippen molar-refractivity contribution in [1.82, 2.24) is 0 Å². The van der Waals surface area contributed by atoms with Crippen LogP contribution in [0.25, 0.3) is 0 Å². The zero-order valence-corrected chi connectivity index (χ0v) is 17.6. The first-order chi connectivity index (χ1) is 13.4. The van der Waals surface area contributed by atoms with E-state index in [1.807, 2.05) is 12.1 Å². The third-order valence-corrected chi connectivity index (χ3v) is 3.55. The Morgan fingerprint density at radius 3 is 1.89 bits per heavy atom. The van der Waals surface area contributed by atoms with Crippen molar-refractivity contribution in [1.29, 1.82) is 10.5 Å². The molecule has 0 aromatic heterocycles. The fraction of sp³-hybridized carbons (Fsp3) is 0.524. The lowest BCUT2D eigenvalue weighted by atomic mass is 10.1. The Morgan fingerprint density at radius 1 is 0.929 bits per heavy atom. The molecular formula is C21H32N3O4+. The molecule has 0 fully saturated rings. The van der Waals surface area contributed by atoms with Crippen LogP contribution in [0, 0.1) is 22.7 Å². The summed E-state index contributed by atoms with van der Waals surface area (Å²) in [5.74, 6) is -1.11. The average molecular weight is 391 g/mol. The molecule has 0 aliphatic rings. The number of rotatable bonds is 10. The topological polar surface area (TPSA) is 105 Å². The summed E-state index contributed by atoms with van der Waals surface area (Å²) in [4.78, 5) is 24.1. The zero-order chi connectivity index (χ0) is 21.8. The van der Waals surface area contributed by atoms with Gasteiger partial charge in [-0.1, -0.05) is 6.08 Å². The Kier molecular flexibility index (Phi) is 18.4. The van der Waals surface area contributed by atoms with Gasteiger partial charge < -0.3 is 14.4 Å². The summed E-state index contributed by atoms with van der Waals surface area (Å²) in [6.45, 7) is 14.3. The highest BCUT2D eigenvalue weighted by Gasteiger charge is 2.05. The summed E-state index contributed by atoms with van der Waals surface area (Å²) in [7, 11) is 0. The van der Waals surface area contributed by atoms with E-state index in [1.54, 1.807) is 18.7 Å². The van der Waals surface area contributed by atoms with Crippen molar-refractivity contribution in [3.63, 3.8) is 0 Å². The van der Waals surface area contributed by atoms with Crippen LogP contribution in [-0.2, 0) is 19.1 Å². The van der Waals surface area contributed by atoms with Crippen LogP contribution in [0.1, 0.15) is 41.0 Å². The van der Waals surface area contributed by atoms with Crippen LogP contribution in [0.15, 0.2) is 35.5 Å². The van der Waals surface area contributed by atoms with E-state index in [0.29, 0.717) is 0 Å². The summed E-state index contributed by atoms with van der Waals surface area (Å²) in [5, 5.41) is 17.7. The Morgan fingerprint density at radius 2 is 1.50 bits per heavy atom. The van der Waals surface area contributed by atoms with Crippen molar-refractivity contribution in [2.75, 3.05) is 32.8 Å². The van der Waals surface area contributed by atoms with Crippen LogP contribution < -0.4 is 4.90 Å². The van der Waals surface area contributed by atoms with Gasteiger partial charge in [-0.2, -0.15) is 10.5 Å². The van der Waals surface area contributed by atoms with E-state index in [4.69, 9.17) is 15.3 Å². The minimum absolute atomic E-state index is 0.0816. The number of nitrogens with zero attached hydrogens (tertiary/aromatic N) is 2. The van der Waals surface area contributed by atoms with Crippen molar-refractivity contribution in [3.05, 3.63) is 35.5 Å². The summed E-state index contributed by atoms with van der Waals surface area (Å²) < 4.78 is 9.40. The van der Waals surface area contributed by atoms with Gasteiger partial charge in [0.25, 0.3) is 0 Å². The lowest BCUT2D eigenvalue weighted by Crippen LogP contribution is -3.11. The monoisotopic (exact) mass is 390 g/mol. The number of carbonyl (C=O) groups excluding carboxylic acids is 2. The van der Waals surface area contributed by atoms with Crippen molar-refractivity contribution in [3.8, 4) is 12.1 Å². The maximum Gasteiger partial charge on any atom is 0.332 e. The molecule has 0 heterocycles. The summed E-state index contributed by atoms with van der Waals surface area (Å²) in [6.07, 6.45) is 5.04. The van der Waals surface area contributed by atoms with Gasteiger partial charge in [0.2, 0.25) is 0 Å². The van der Waals surface area contributed by atoms with Gasteiger partial charge in [0, 0.05) is 11.6 Å². The Hall–Kier alpha value is -2.90. The van der Waals surface area contributed by atoms with Crippen LogP contribution in [0.2, 0.25) is 0 Å². The van der Waals surface area contributed by atoms with Gasteiger partial charge >= 0.3 is 11.9 Å². The molecule has 0 radical (unpaired) electrons. The van der Waals surface area contributed by atoms with E-state index in [1.165, 1.54) is 37.9 Å². The van der Waals surface area contributed by atoms with Gasteiger partial charge in [-0.3, -0.25) is 4.79 Å². The minimum atomic E-state index is -0.616. The van der Waals surface area contributed by atoms with Crippen molar-refractivity contribution < 1.29 is 24.0 Å². The first-order valence-electron chi connectivity index (χ1n) is 9.47. The molecule has 0 saturated heterocycles. The molecule has 0 aromatic rings. The predicted octanol–water partition coefficient (Wildman–Crippen LogP) is 1.89. The molecule has 7 nitrogen and oxygen atoms in total. The van der Waals surface area contributed by atoms with E-state index in [0.717, 1.165) is 6.08 Å². The van der Waals surface area contributed by atoms with Gasteiger partial charge in [-0.25, -0.2) is 4.79 Å². The molecule has 0 spiro atoms. The molecule has 0 saturated carbocycles. The largest absolute Gasteiger partial charge is 0.466 e. The molecule has 0 atom stereocenters. The number of ether oxygens (including phenoxy) is 2. The molecule has 0 amide bonds. The maximum absolute atomic E-state index is 11.2. The third-order valence-electron chi connectivity index (χ3n) is 3.55. The van der Waals surface area contributed by atoms with E-state index in [9.17, 15) is 9.59 Å². The number of esters is 2. The number of allylic oxidation sites excluding steroid dienone is 4. The van der Waals surface area contributed by atoms with Crippen LogP contribution in [0.4, 0.5) is 0 Å². The van der Waals surface area contributed by atoms with Crippen molar-refractivity contribution in [2.45, 2.75) is 41.0 Å². The first-order valence-corrected chi connectivity index (χ1v) is 9.47. The van der Waals surface area contributed by atoms with Gasteiger partial charge in [-0.15, -0.1) is 0 Å². The van der Waals surface area contributed by atoms with Crippen LogP contribution >= 0.6 is 0 Å². The molecular weight excluding hydrogens is 358 g/mol. The van der Waals surface area contributed by atoms with Crippen LogP contribution in [0.3, 0.4) is 0 Å². The molecule has 154 valence electrons. The van der Waals surface area contributed by atoms with Crippen molar-refractivity contribution >= 4 is 11.9 Å². The molecule has 0 unspecified atom stereocenters. The van der Waals surface area contributed by atoms with Gasteiger partial charge in [0.1, 0.15) is 0 Å². The number of hydrogen-bond acceptors (Lipinski definition) is 6. The Balaban J connectivity index is 0. The summed E-state index contributed by atoms with van der Waals surface area (Å²) in [5.41, 5.74) is 0.274. The summed E-state index contributed by atoms with van der Waals surface area (Å²) in [6, 6.07) is 3.67. The van der Waals surface area contributed by atoms with Crippen molar-refractivity contribution in [2.24, 2.45) is 0 Å². The lowest BCUT2D eigenvalue weighted by molar-refractivity contribution is -0.894. The highest BCUT2D eigenvalue weighted by molar-refractivity contribution is 5.84. The zero-order valence-electron chi connectivity index (χ0n) is 17.6. The number of hydrogen-bond donors (Lipinski definition) is 1. The Labute approximate surface area is 168 Å². The van der Waals surface area contributed by atoms with Gasteiger partial charge in [0.15, 0.2) is 0 Å². The quantitative estimate of drug-likeness (QED) is 0.264. The molecule has 0 aliphatic carbocycles.